The Bertz CT molecular complexity index is 368. The number of nitrogens with one attached hydrogen (secondary N) is 1. The van der Waals surface area contributed by atoms with Gasteiger partial charge in [0, 0.05) is 5.56 Å². The summed E-state index contributed by atoms with van der Waals surface area (Å²) in [6.07, 6.45) is 0. The van der Waals surface area contributed by atoms with Crippen LogP contribution >= 0.6 is 0 Å². The summed E-state index contributed by atoms with van der Waals surface area (Å²) in [6, 6.07) is 2.66. The SMILES string of the molecule is CCNC(C(N)=O)c1cccc(F)c1F. The van der Waals surface area contributed by atoms with Crippen molar-refractivity contribution in [3.05, 3.63) is 35.4 Å². The fraction of sp³-hybridized carbons (Fsp3) is 0.300. The van der Waals surface area contributed by atoms with Gasteiger partial charge in [-0.05, 0) is 12.6 Å². The van der Waals surface area contributed by atoms with E-state index in [9.17, 15) is 13.6 Å². The van der Waals surface area contributed by atoms with Crippen LogP contribution in [0.25, 0.3) is 0 Å². The Morgan fingerprint density at radius 1 is 1.53 bits per heavy atom. The first kappa shape index (κ1) is 11.6. The molecule has 1 rings (SSSR count). The van der Waals surface area contributed by atoms with E-state index in [1.165, 1.54) is 12.1 Å². The Hall–Kier alpha value is -1.49. The fourth-order valence-electron chi connectivity index (χ4n) is 1.31. The Morgan fingerprint density at radius 2 is 2.20 bits per heavy atom. The van der Waals surface area contributed by atoms with E-state index in [4.69, 9.17) is 5.73 Å². The predicted molar refractivity (Wildman–Crippen MR) is 52.0 cm³/mol. The molecular weight excluding hydrogens is 202 g/mol. The van der Waals surface area contributed by atoms with Gasteiger partial charge < -0.3 is 11.1 Å². The summed E-state index contributed by atoms with van der Waals surface area (Å²) < 4.78 is 26.2. The molecule has 0 spiro atoms. The average molecular weight is 214 g/mol. The molecular formula is C10H12F2N2O. The molecule has 3 N–H and O–H groups in total. The highest BCUT2D eigenvalue weighted by Gasteiger charge is 2.21. The molecule has 15 heavy (non-hydrogen) atoms. The highest BCUT2D eigenvalue weighted by atomic mass is 19.2. The van der Waals surface area contributed by atoms with Crippen molar-refractivity contribution in [1.82, 2.24) is 5.32 Å². The van der Waals surface area contributed by atoms with Crippen molar-refractivity contribution in [2.24, 2.45) is 5.73 Å². The van der Waals surface area contributed by atoms with Gasteiger partial charge in [-0.2, -0.15) is 0 Å². The summed E-state index contributed by atoms with van der Waals surface area (Å²) in [4.78, 5) is 11.0. The van der Waals surface area contributed by atoms with E-state index >= 15 is 0 Å². The van der Waals surface area contributed by atoms with Gasteiger partial charge in [0.05, 0.1) is 0 Å². The molecule has 1 amide bonds. The van der Waals surface area contributed by atoms with Crippen LogP contribution in [0.2, 0.25) is 0 Å². The van der Waals surface area contributed by atoms with Crippen LogP contribution < -0.4 is 11.1 Å². The molecule has 1 unspecified atom stereocenters. The predicted octanol–water partition coefficient (Wildman–Crippen LogP) is 1.10. The lowest BCUT2D eigenvalue weighted by molar-refractivity contribution is -0.120. The van der Waals surface area contributed by atoms with E-state index in [0.717, 1.165) is 6.07 Å². The zero-order chi connectivity index (χ0) is 11.4. The molecule has 0 heterocycles. The zero-order valence-electron chi connectivity index (χ0n) is 8.26. The summed E-state index contributed by atoms with van der Waals surface area (Å²) in [5.41, 5.74) is 5.02. The fourth-order valence-corrected chi connectivity index (χ4v) is 1.31. The van der Waals surface area contributed by atoms with Crippen LogP contribution in [0.1, 0.15) is 18.5 Å². The number of carbonyl (C=O) groups is 1. The largest absolute Gasteiger partial charge is 0.368 e. The van der Waals surface area contributed by atoms with E-state index in [2.05, 4.69) is 5.32 Å². The van der Waals surface area contributed by atoms with Crippen molar-refractivity contribution in [3.8, 4) is 0 Å². The molecule has 0 aromatic heterocycles. The van der Waals surface area contributed by atoms with E-state index in [-0.39, 0.29) is 5.56 Å². The van der Waals surface area contributed by atoms with Crippen LogP contribution in [0.4, 0.5) is 8.78 Å². The monoisotopic (exact) mass is 214 g/mol. The normalized spacial score (nSPS) is 12.5. The molecule has 3 nitrogen and oxygen atoms in total. The van der Waals surface area contributed by atoms with Gasteiger partial charge in [-0.15, -0.1) is 0 Å². The standard InChI is InChI=1S/C10H12F2N2O/c1-2-14-9(10(13)15)6-4-3-5-7(11)8(6)12/h3-5,9,14H,2H2,1H3,(H2,13,15). The summed E-state index contributed by atoms with van der Waals surface area (Å²) in [7, 11) is 0. The van der Waals surface area contributed by atoms with Gasteiger partial charge in [-0.3, -0.25) is 4.79 Å². The maximum Gasteiger partial charge on any atom is 0.239 e. The summed E-state index contributed by atoms with van der Waals surface area (Å²) in [5.74, 6) is -2.76. The van der Waals surface area contributed by atoms with Crippen molar-refractivity contribution < 1.29 is 13.6 Å². The molecule has 0 saturated heterocycles. The number of nitrogens with two attached hydrogens (primary N) is 1. The lowest BCUT2D eigenvalue weighted by Gasteiger charge is -2.15. The van der Waals surface area contributed by atoms with Gasteiger partial charge in [-0.1, -0.05) is 19.1 Å². The highest BCUT2D eigenvalue weighted by Crippen LogP contribution is 2.18. The van der Waals surface area contributed by atoms with E-state index in [0.29, 0.717) is 6.54 Å². The van der Waals surface area contributed by atoms with Crippen molar-refractivity contribution in [2.75, 3.05) is 6.54 Å². The molecule has 5 heteroatoms. The van der Waals surface area contributed by atoms with Crippen LogP contribution in [0.5, 0.6) is 0 Å². The molecule has 1 aromatic carbocycles. The Kier molecular flexibility index (Phi) is 3.74. The molecule has 82 valence electrons. The number of halogens is 2. The van der Waals surface area contributed by atoms with Crippen LogP contribution in [-0.4, -0.2) is 12.5 Å². The molecule has 1 atom stereocenters. The Labute approximate surface area is 86.3 Å². The zero-order valence-corrected chi connectivity index (χ0v) is 8.26. The lowest BCUT2D eigenvalue weighted by Crippen LogP contribution is -2.34. The Balaban J connectivity index is 3.11. The molecule has 0 aliphatic heterocycles. The number of likely N-dealkylation sites (N-methyl/N-ethyl adjacent to an activating group) is 1. The molecule has 0 fully saturated rings. The Morgan fingerprint density at radius 3 is 2.73 bits per heavy atom. The molecule has 0 saturated carbocycles. The summed E-state index contributed by atoms with van der Waals surface area (Å²) in [6.45, 7) is 2.18. The van der Waals surface area contributed by atoms with Crippen molar-refractivity contribution in [1.29, 1.82) is 0 Å². The molecule has 0 aliphatic carbocycles. The number of carbonyl (C=O) groups excluding carboxylic acids is 1. The third-order valence-electron chi connectivity index (χ3n) is 1.99. The number of primary amides is 1. The van der Waals surface area contributed by atoms with Gasteiger partial charge in [0.1, 0.15) is 6.04 Å². The minimum absolute atomic E-state index is 0.0654. The first-order chi connectivity index (χ1) is 7.07. The first-order valence-corrected chi connectivity index (χ1v) is 4.54. The number of benzene rings is 1. The van der Waals surface area contributed by atoms with Crippen molar-refractivity contribution in [2.45, 2.75) is 13.0 Å². The van der Waals surface area contributed by atoms with Gasteiger partial charge in [0.15, 0.2) is 11.6 Å². The van der Waals surface area contributed by atoms with Gasteiger partial charge in [0.2, 0.25) is 5.91 Å². The summed E-state index contributed by atoms with van der Waals surface area (Å²) >= 11 is 0. The molecule has 1 aromatic rings. The minimum Gasteiger partial charge on any atom is -0.368 e. The van der Waals surface area contributed by atoms with E-state index in [1.807, 2.05) is 0 Å². The number of hydrogen-bond donors (Lipinski definition) is 2. The first-order valence-electron chi connectivity index (χ1n) is 4.54. The summed E-state index contributed by atoms with van der Waals surface area (Å²) in [5, 5.41) is 2.69. The van der Waals surface area contributed by atoms with E-state index < -0.39 is 23.6 Å². The second-order valence-electron chi connectivity index (χ2n) is 3.04. The number of hydrogen-bond acceptors (Lipinski definition) is 2. The van der Waals surface area contributed by atoms with Crippen molar-refractivity contribution >= 4 is 5.91 Å². The van der Waals surface area contributed by atoms with E-state index in [1.54, 1.807) is 6.92 Å². The molecule has 0 bridgehead atoms. The second-order valence-corrected chi connectivity index (χ2v) is 3.04. The highest BCUT2D eigenvalue weighted by molar-refractivity contribution is 5.81. The lowest BCUT2D eigenvalue weighted by atomic mass is 10.1. The number of amides is 1. The minimum atomic E-state index is -1.04. The third kappa shape index (κ3) is 2.50. The topological polar surface area (TPSA) is 55.1 Å². The average Bonchev–Trinajstić information content (AvgIpc) is 2.19. The van der Waals surface area contributed by atoms with Crippen LogP contribution in [0.15, 0.2) is 18.2 Å². The second kappa shape index (κ2) is 4.84. The van der Waals surface area contributed by atoms with Gasteiger partial charge in [-0.25, -0.2) is 8.78 Å². The van der Waals surface area contributed by atoms with Crippen LogP contribution in [-0.2, 0) is 4.79 Å². The maximum absolute atomic E-state index is 13.3. The van der Waals surface area contributed by atoms with Crippen molar-refractivity contribution in [3.63, 3.8) is 0 Å². The molecule has 0 aliphatic rings. The third-order valence-corrected chi connectivity index (χ3v) is 1.99. The molecule has 0 radical (unpaired) electrons. The van der Waals surface area contributed by atoms with Crippen LogP contribution in [0.3, 0.4) is 0 Å². The van der Waals surface area contributed by atoms with Gasteiger partial charge in [0.25, 0.3) is 0 Å². The quantitative estimate of drug-likeness (QED) is 0.788. The van der Waals surface area contributed by atoms with Gasteiger partial charge >= 0.3 is 0 Å². The smallest absolute Gasteiger partial charge is 0.239 e. The number of rotatable bonds is 4. The van der Waals surface area contributed by atoms with Crippen LogP contribution in [0, 0.1) is 11.6 Å². The maximum atomic E-state index is 13.3.